The fraction of sp³-hybridized carbons (Fsp3) is 0.458. The average molecular weight is 531 g/mol. The number of hydrogen-bond donors (Lipinski definition) is 1. The summed E-state index contributed by atoms with van der Waals surface area (Å²) in [6.45, 7) is -2.22. The Morgan fingerprint density at radius 3 is 2.27 bits per heavy atom. The van der Waals surface area contributed by atoms with E-state index in [1.165, 1.54) is 4.57 Å². The smallest absolute Gasteiger partial charge is 0.406 e. The molecule has 1 aliphatic carbocycles. The van der Waals surface area contributed by atoms with E-state index in [1.807, 2.05) is 0 Å². The Kier molecular flexibility index (Phi) is 7.24. The Morgan fingerprint density at radius 1 is 1.05 bits per heavy atom. The molecule has 1 aromatic carbocycles. The zero-order valence-electron chi connectivity index (χ0n) is 19.6. The van der Waals surface area contributed by atoms with Gasteiger partial charge in [0.1, 0.15) is 29.6 Å². The van der Waals surface area contributed by atoms with Crippen molar-refractivity contribution in [3.63, 3.8) is 0 Å². The van der Waals surface area contributed by atoms with Gasteiger partial charge in [-0.25, -0.2) is 13.2 Å². The zero-order valence-corrected chi connectivity index (χ0v) is 19.6. The Morgan fingerprint density at radius 2 is 1.68 bits per heavy atom. The number of carbonyl (C=O) groups is 2. The maximum absolute atomic E-state index is 14.0. The predicted molar refractivity (Wildman–Crippen MR) is 118 cm³/mol. The third-order valence-electron chi connectivity index (χ3n) is 6.69. The summed E-state index contributed by atoms with van der Waals surface area (Å²) in [5, 5.41) is 2.20. The van der Waals surface area contributed by atoms with Gasteiger partial charge >= 0.3 is 6.18 Å². The second-order valence-electron chi connectivity index (χ2n) is 9.01. The van der Waals surface area contributed by atoms with E-state index in [1.54, 1.807) is 0 Å². The second kappa shape index (κ2) is 10.1. The van der Waals surface area contributed by atoms with Gasteiger partial charge in [0.2, 0.25) is 5.43 Å². The van der Waals surface area contributed by atoms with Gasteiger partial charge in [0.25, 0.3) is 11.8 Å². The highest BCUT2D eigenvalue weighted by Gasteiger charge is 2.46. The van der Waals surface area contributed by atoms with Gasteiger partial charge in [-0.3, -0.25) is 14.4 Å². The van der Waals surface area contributed by atoms with Crippen LogP contribution in [-0.2, 0) is 6.54 Å². The van der Waals surface area contributed by atoms with Gasteiger partial charge in [0.15, 0.2) is 11.4 Å². The summed E-state index contributed by atoms with van der Waals surface area (Å²) in [7, 11) is 1.04. The van der Waals surface area contributed by atoms with Crippen molar-refractivity contribution < 1.29 is 40.7 Å². The molecule has 13 heteroatoms. The molecule has 1 saturated carbocycles. The first-order chi connectivity index (χ1) is 17.4. The molecule has 0 bridgehead atoms. The van der Waals surface area contributed by atoms with E-state index in [4.69, 9.17) is 4.74 Å². The fourth-order valence-corrected chi connectivity index (χ4v) is 5.06. The number of methoxy groups -OCH3 is 1. The van der Waals surface area contributed by atoms with Crippen molar-refractivity contribution in [1.29, 1.82) is 0 Å². The minimum atomic E-state index is -4.67. The summed E-state index contributed by atoms with van der Waals surface area (Å²) in [5.41, 5.74) is -2.63. The molecule has 0 radical (unpaired) electrons. The number of benzene rings is 1. The van der Waals surface area contributed by atoms with Crippen LogP contribution in [0, 0.1) is 17.5 Å². The van der Waals surface area contributed by atoms with Crippen LogP contribution in [-0.4, -0.2) is 47.2 Å². The first-order valence-corrected chi connectivity index (χ1v) is 11.6. The van der Waals surface area contributed by atoms with Crippen LogP contribution in [0.25, 0.3) is 0 Å². The summed E-state index contributed by atoms with van der Waals surface area (Å²) >= 11 is 0. The summed E-state index contributed by atoms with van der Waals surface area (Å²) in [5.74, 6) is -6.34. The Hall–Kier alpha value is -3.51. The normalized spacial score (nSPS) is 19.6. The van der Waals surface area contributed by atoms with Crippen LogP contribution in [0.3, 0.4) is 0 Å². The Bertz CT molecular complexity index is 1270. The third kappa shape index (κ3) is 5.16. The van der Waals surface area contributed by atoms with E-state index in [0.717, 1.165) is 19.7 Å². The molecule has 0 spiro atoms. The molecule has 2 aliphatic rings. The second-order valence-corrected chi connectivity index (χ2v) is 9.01. The van der Waals surface area contributed by atoms with Crippen LogP contribution in [0.5, 0.6) is 5.75 Å². The highest BCUT2D eigenvalue weighted by Crippen LogP contribution is 2.39. The number of aromatic nitrogens is 1. The van der Waals surface area contributed by atoms with Crippen molar-refractivity contribution in [2.75, 3.05) is 13.7 Å². The molecule has 0 saturated heterocycles. The zero-order chi connectivity index (χ0) is 27.1. The first-order valence-electron chi connectivity index (χ1n) is 11.6. The van der Waals surface area contributed by atoms with E-state index in [2.05, 4.69) is 5.32 Å². The molecule has 7 nitrogen and oxygen atoms in total. The van der Waals surface area contributed by atoms with Crippen molar-refractivity contribution in [2.24, 2.45) is 0 Å². The Labute approximate surface area is 207 Å². The monoisotopic (exact) mass is 531 g/mol. The molecule has 4 rings (SSSR count). The number of fused-ring (bicyclic) bond motifs is 3. The lowest BCUT2D eigenvalue weighted by molar-refractivity contribution is -0.147. The average Bonchev–Trinajstić information content (AvgIpc) is 3.06. The van der Waals surface area contributed by atoms with Gasteiger partial charge < -0.3 is 19.5 Å². The molecule has 37 heavy (non-hydrogen) atoms. The number of alkyl halides is 3. The molecule has 1 fully saturated rings. The molecule has 2 heterocycles. The van der Waals surface area contributed by atoms with E-state index < -0.39 is 88.6 Å². The van der Waals surface area contributed by atoms with Gasteiger partial charge in [0, 0.05) is 30.4 Å². The molecule has 1 aromatic heterocycles. The van der Waals surface area contributed by atoms with E-state index in [-0.39, 0.29) is 0 Å². The van der Waals surface area contributed by atoms with E-state index in [0.29, 0.717) is 42.7 Å². The quantitative estimate of drug-likeness (QED) is 0.590. The number of ether oxygens (including phenoxy) is 1. The minimum Gasteiger partial charge on any atom is -0.491 e. The SMILES string of the molecule is COc1c2n(cc(C(=O)NCc3c(F)cc(F)cc3F)c1=O)[C@@H]1CCCCC[C@H]1N(CC(F)(F)F)C2=O. The largest absolute Gasteiger partial charge is 0.491 e. The number of amides is 2. The number of halogens is 6. The van der Waals surface area contributed by atoms with E-state index in [9.17, 15) is 40.7 Å². The number of carbonyl (C=O) groups excluding carboxylic acids is 2. The van der Waals surface area contributed by atoms with Crippen LogP contribution < -0.4 is 15.5 Å². The van der Waals surface area contributed by atoms with Gasteiger partial charge in [0.05, 0.1) is 19.2 Å². The molecule has 1 aliphatic heterocycles. The number of hydrogen-bond acceptors (Lipinski definition) is 4. The number of pyridine rings is 1. The van der Waals surface area contributed by atoms with Crippen molar-refractivity contribution in [3.05, 3.63) is 62.8 Å². The number of rotatable bonds is 5. The third-order valence-corrected chi connectivity index (χ3v) is 6.69. The maximum atomic E-state index is 14.0. The molecule has 2 atom stereocenters. The number of nitrogens with one attached hydrogen (secondary N) is 1. The Balaban J connectivity index is 1.76. The van der Waals surface area contributed by atoms with Crippen molar-refractivity contribution >= 4 is 11.8 Å². The maximum Gasteiger partial charge on any atom is 0.406 e. The number of nitrogens with zero attached hydrogens (tertiary/aromatic N) is 2. The van der Waals surface area contributed by atoms with Crippen LogP contribution in [0.15, 0.2) is 23.1 Å². The lowest BCUT2D eigenvalue weighted by atomic mass is 9.95. The van der Waals surface area contributed by atoms with Gasteiger partial charge in [-0.1, -0.05) is 19.3 Å². The molecule has 0 unspecified atom stereocenters. The van der Waals surface area contributed by atoms with Crippen molar-refractivity contribution in [3.8, 4) is 5.75 Å². The molecule has 200 valence electrons. The highest BCUT2D eigenvalue weighted by molar-refractivity contribution is 5.99. The van der Waals surface area contributed by atoms with Crippen molar-refractivity contribution in [1.82, 2.24) is 14.8 Å². The lowest BCUT2D eigenvalue weighted by Gasteiger charge is -2.43. The van der Waals surface area contributed by atoms with Crippen LogP contribution in [0.4, 0.5) is 26.3 Å². The summed E-state index contributed by atoms with van der Waals surface area (Å²) in [6, 6.07) is -0.613. The van der Waals surface area contributed by atoms with Gasteiger partial charge in [-0.2, -0.15) is 13.2 Å². The highest BCUT2D eigenvalue weighted by atomic mass is 19.4. The lowest BCUT2D eigenvalue weighted by Crippen LogP contribution is -2.54. The van der Waals surface area contributed by atoms with Crippen LogP contribution in [0.1, 0.15) is 64.6 Å². The summed E-state index contributed by atoms with van der Waals surface area (Å²) in [4.78, 5) is 40.0. The van der Waals surface area contributed by atoms with Gasteiger partial charge in [-0.05, 0) is 12.8 Å². The predicted octanol–water partition coefficient (Wildman–Crippen LogP) is 4.10. The minimum absolute atomic E-state index is 0.297. The molecule has 1 N–H and O–H groups in total. The molecule has 2 amide bonds. The van der Waals surface area contributed by atoms with E-state index >= 15 is 0 Å². The van der Waals surface area contributed by atoms with Crippen LogP contribution in [0.2, 0.25) is 0 Å². The topological polar surface area (TPSA) is 80.6 Å². The van der Waals surface area contributed by atoms with Crippen LogP contribution >= 0.6 is 0 Å². The first kappa shape index (κ1) is 26.6. The molecular weight excluding hydrogens is 508 g/mol. The molecular formula is C24H23F6N3O4. The van der Waals surface area contributed by atoms with Crippen molar-refractivity contribution in [2.45, 2.75) is 56.9 Å². The van der Waals surface area contributed by atoms with Gasteiger partial charge in [-0.15, -0.1) is 0 Å². The standard InChI is InChI=1S/C24H23F6N3O4/c1-37-21-19-23(36)33(11-24(28,29)30)18-6-4-2-3-5-17(18)32(19)10-14(20(21)34)22(35)31-9-13-15(26)7-12(25)8-16(13)27/h7-8,10,17-18H,2-6,9,11H2,1H3,(H,31,35)/t17-,18-/m1/s1. The fourth-order valence-electron chi connectivity index (χ4n) is 5.06. The summed E-state index contributed by atoms with van der Waals surface area (Å²) < 4.78 is 87.6. The molecule has 2 aromatic rings. The summed E-state index contributed by atoms with van der Waals surface area (Å²) in [6.07, 6.45) is -0.934.